The van der Waals surface area contributed by atoms with Crippen LogP contribution in [-0.4, -0.2) is 40.6 Å². The number of nitrogens with zero attached hydrogens (tertiary/aromatic N) is 3. The average Bonchev–Trinajstić information content (AvgIpc) is 3.16. The van der Waals surface area contributed by atoms with Gasteiger partial charge < -0.3 is 19.5 Å². The van der Waals surface area contributed by atoms with Crippen molar-refractivity contribution in [3.05, 3.63) is 41.4 Å². The van der Waals surface area contributed by atoms with Gasteiger partial charge in [-0.05, 0) is 44.9 Å². The standard InChI is InChI=1S/C21H28N4O4/c1-5-8-11-29-16-10-9-15(12-17(16)27-6-2)19-18(20(26)28-7-3)14(4)24-21-22-13-23-25(19)21/h9-10,12-13,19H,5-8,11H2,1-4H3,(H,22,23,24). The van der Waals surface area contributed by atoms with Gasteiger partial charge >= 0.3 is 5.97 Å². The molecule has 0 bridgehead atoms. The van der Waals surface area contributed by atoms with Crippen LogP contribution in [0, 0.1) is 0 Å². The number of unbranched alkanes of at least 4 members (excludes halogenated alkanes) is 1. The lowest BCUT2D eigenvalue weighted by atomic mass is 9.95. The summed E-state index contributed by atoms with van der Waals surface area (Å²) < 4.78 is 18.7. The predicted octanol–water partition coefficient (Wildman–Crippen LogP) is 3.71. The Hall–Kier alpha value is -3.03. The molecule has 1 aromatic carbocycles. The Morgan fingerprint density at radius 1 is 1.17 bits per heavy atom. The molecular weight excluding hydrogens is 372 g/mol. The Balaban J connectivity index is 2.04. The van der Waals surface area contributed by atoms with E-state index in [2.05, 4.69) is 22.3 Å². The summed E-state index contributed by atoms with van der Waals surface area (Å²) in [6.45, 7) is 9.10. The Morgan fingerprint density at radius 2 is 2.00 bits per heavy atom. The molecule has 8 nitrogen and oxygen atoms in total. The number of hydrogen-bond donors (Lipinski definition) is 1. The highest BCUT2D eigenvalue weighted by molar-refractivity contribution is 5.92. The maximum absolute atomic E-state index is 12.7. The normalized spacial score (nSPS) is 15.5. The maximum atomic E-state index is 12.7. The zero-order valence-electron chi connectivity index (χ0n) is 17.4. The fourth-order valence-corrected chi connectivity index (χ4v) is 3.28. The van der Waals surface area contributed by atoms with Crippen LogP contribution in [0.25, 0.3) is 0 Å². The largest absolute Gasteiger partial charge is 0.490 e. The number of esters is 1. The van der Waals surface area contributed by atoms with Gasteiger partial charge in [-0.3, -0.25) is 0 Å². The first kappa shape index (κ1) is 20.7. The molecule has 1 aliphatic heterocycles. The number of allylic oxidation sites excluding steroid dienone is 1. The maximum Gasteiger partial charge on any atom is 0.338 e. The number of nitrogens with one attached hydrogen (secondary N) is 1. The van der Waals surface area contributed by atoms with Crippen LogP contribution >= 0.6 is 0 Å². The summed E-state index contributed by atoms with van der Waals surface area (Å²) in [5.74, 6) is 1.52. The molecule has 29 heavy (non-hydrogen) atoms. The number of anilines is 1. The number of rotatable bonds is 9. The van der Waals surface area contributed by atoms with Gasteiger partial charge in [0, 0.05) is 5.70 Å². The molecule has 2 heterocycles. The average molecular weight is 400 g/mol. The van der Waals surface area contributed by atoms with Gasteiger partial charge in [0.25, 0.3) is 0 Å². The van der Waals surface area contributed by atoms with E-state index < -0.39 is 6.04 Å². The second-order valence-electron chi connectivity index (χ2n) is 6.66. The molecule has 0 spiro atoms. The van der Waals surface area contributed by atoms with Crippen LogP contribution in [0.1, 0.15) is 52.1 Å². The zero-order valence-corrected chi connectivity index (χ0v) is 17.4. The number of hydrogen-bond acceptors (Lipinski definition) is 7. The van der Waals surface area contributed by atoms with Crippen molar-refractivity contribution in [3.8, 4) is 11.5 Å². The third-order valence-electron chi connectivity index (χ3n) is 4.63. The summed E-state index contributed by atoms with van der Waals surface area (Å²) in [6.07, 6.45) is 3.49. The van der Waals surface area contributed by atoms with Gasteiger partial charge in [-0.1, -0.05) is 19.4 Å². The first-order chi connectivity index (χ1) is 14.1. The van der Waals surface area contributed by atoms with Crippen LogP contribution < -0.4 is 14.8 Å². The van der Waals surface area contributed by atoms with Gasteiger partial charge in [-0.15, -0.1) is 0 Å². The summed E-state index contributed by atoms with van der Waals surface area (Å²) in [5.41, 5.74) is 2.02. The minimum absolute atomic E-state index is 0.293. The van der Waals surface area contributed by atoms with Crippen LogP contribution in [0.2, 0.25) is 0 Å². The smallest absolute Gasteiger partial charge is 0.338 e. The van der Waals surface area contributed by atoms with Gasteiger partial charge in [-0.25, -0.2) is 9.48 Å². The first-order valence-corrected chi connectivity index (χ1v) is 10.0. The summed E-state index contributed by atoms with van der Waals surface area (Å²) in [5, 5.41) is 7.46. The van der Waals surface area contributed by atoms with E-state index in [1.54, 1.807) is 11.6 Å². The van der Waals surface area contributed by atoms with E-state index in [0.717, 1.165) is 18.4 Å². The van der Waals surface area contributed by atoms with Crippen molar-refractivity contribution in [3.63, 3.8) is 0 Å². The first-order valence-electron chi connectivity index (χ1n) is 10.0. The fourth-order valence-electron chi connectivity index (χ4n) is 3.28. The van der Waals surface area contributed by atoms with E-state index in [9.17, 15) is 4.79 Å². The molecule has 156 valence electrons. The Bertz CT molecular complexity index is 891. The number of benzene rings is 1. The number of fused-ring (bicyclic) bond motifs is 1. The molecule has 0 aliphatic carbocycles. The molecule has 8 heteroatoms. The molecule has 1 unspecified atom stereocenters. The summed E-state index contributed by atoms with van der Waals surface area (Å²) in [6, 6.07) is 5.24. The van der Waals surface area contributed by atoms with E-state index in [1.807, 2.05) is 32.0 Å². The highest BCUT2D eigenvalue weighted by atomic mass is 16.5. The molecule has 0 fully saturated rings. The zero-order chi connectivity index (χ0) is 20.8. The molecule has 0 saturated carbocycles. The highest BCUT2D eigenvalue weighted by Crippen LogP contribution is 2.39. The monoisotopic (exact) mass is 400 g/mol. The summed E-state index contributed by atoms with van der Waals surface area (Å²) in [4.78, 5) is 17.0. The summed E-state index contributed by atoms with van der Waals surface area (Å²) >= 11 is 0. The molecule has 1 N–H and O–H groups in total. The quantitative estimate of drug-likeness (QED) is 0.507. The molecule has 2 aromatic rings. The van der Waals surface area contributed by atoms with Crippen LogP contribution in [-0.2, 0) is 9.53 Å². The number of carbonyl (C=O) groups excluding carboxylic acids is 1. The molecule has 0 amide bonds. The molecule has 0 radical (unpaired) electrons. The molecule has 1 atom stereocenters. The van der Waals surface area contributed by atoms with Gasteiger partial charge in [0.2, 0.25) is 5.95 Å². The van der Waals surface area contributed by atoms with Crippen LogP contribution in [0.3, 0.4) is 0 Å². The molecule has 0 saturated heterocycles. The van der Waals surface area contributed by atoms with Crippen molar-refractivity contribution in [2.24, 2.45) is 0 Å². The van der Waals surface area contributed by atoms with Crippen molar-refractivity contribution in [2.45, 2.75) is 46.6 Å². The van der Waals surface area contributed by atoms with Crippen LogP contribution in [0.15, 0.2) is 35.8 Å². The SMILES string of the molecule is CCCCOc1ccc(C2C(C(=O)OCC)=C(C)Nc3ncnn32)cc1OCC. The van der Waals surface area contributed by atoms with Gasteiger partial charge in [0.15, 0.2) is 11.5 Å². The van der Waals surface area contributed by atoms with Crippen molar-refractivity contribution >= 4 is 11.9 Å². The van der Waals surface area contributed by atoms with Crippen LogP contribution in [0.5, 0.6) is 11.5 Å². The van der Waals surface area contributed by atoms with Gasteiger partial charge in [0.05, 0.1) is 25.4 Å². The van der Waals surface area contributed by atoms with Crippen molar-refractivity contribution in [1.29, 1.82) is 0 Å². The lowest BCUT2D eigenvalue weighted by molar-refractivity contribution is -0.139. The fraction of sp³-hybridized carbons (Fsp3) is 0.476. The van der Waals surface area contributed by atoms with E-state index in [4.69, 9.17) is 14.2 Å². The third-order valence-corrected chi connectivity index (χ3v) is 4.63. The van der Waals surface area contributed by atoms with Gasteiger partial charge in [-0.2, -0.15) is 10.1 Å². The van der Waals surface area contributed by atoms with E-state index in [-0.39, 0.29) is 5.97 Å². The summed E-state index contributed by atoms with van der Waals surface area (Å²) in [7, 11) is 0. The Morgan fingerprint density at radius 3 is 2.72 bits per heavy atom. The van der Waals surface area contributed by atoms with E-state index >= 15 is 0 Å². The topological polar surface area (TPSA) is 87.5 Å². The lowest BCUT2D eigenvalue weighted by Crippen LogP contribution is -2.29. The van der Waals surface area contributed by atoms with Crippen LogP contribution in [0.4, 0.5) is 5.95 Å². The van der Waals surface area contributed by atoms with Gasteiger partial charge in [0.1, 0.15) is 12.4 Å². The minimum atomic E-state index is -0.475. The predicted molar refractivity (Wildman–Crippen MR) is 109 cm³/mol. The number of ether oxygens (including phenoxy) is 3. The van der Waals surface area contributed by atoms with E-state index in [0.29, 0.717) is 48.5 Å². The number of aromatic nitrogens is 3. The molecular formula is C21H28N4O4. The van der Waals surface area contributed by atoms with E-state index in [1.165, 1.54) is 6.33 Å². The molecule has 1 aromatic heterocycles. The second-order valence-corrected chi connectivity index (χ2v) is 6.66. The third kappa shape index (κ3) is 4.36. The minimum Gasteiger partial charge on any atom is -0.490 e. The number of carbonyl (C=O) groups is 1. The Kier molecular flexibility index (Phi) is 6.74. The Labute approximate surface area is 170 Å². The highest BCUT2D eigenvalue weighted by Gasteiger charge is 2.34. The van der Waals surface area contributed by atoms with Crippen molar-refractivity contribution < 1.29 is 19.0 Å². The van der Waals surface area contributed by atoms with Crippen molar-refractivity contribution in [1.82, 2.24) is 14.8 Å². The molecule has 1 aliphatic rings. The second kappa shape index (κ2) is 9.45. The molecule has 3 rings (SSSR count). The van der Waals surface area contributed by atoms with Crippen molar-refractivity contribution in [2.75, 3.05) is 25.1 Å². The lowest BCUT2D eigenvalue weighted by Gasteiger charge is -2.28.